The Hall–Kier alpha value is -1.10. The van der Waals surface area contributed by atoms with E-state index in [1.54, 1.807) is 5.51 Å². The highest BCUT2D eigenvalue weighted by molar-refractivity contribution is 7.14. The summed E-state index contributed by atoms with van der Waals surface area (Å²) in [5.41, 5.74) is 2.13. The third kappa shape index (κ3) is 3.26. The second-order valence-electron chi connectivity index (χ2n) is 5.27. The molecule has 0 aromatic carbocycles. The van der Waals surface area contributed by atoms with Crippen molar-refractivity contribution in [3.63, 3.8) is 0 Å². The van der Waals surface area contributed by atoms with Crippen molar-refractivity contribution in [3.05, 3.63) is 11.2 Å². The molecule has 0 radical (unpaired) electrons. The zero-order valence-corrected chi connectivity index (χ0v) is 12.6. The molecule has 1 heterocycles. The molecule has 19 heavy (non-hydrogen) atoms. The van der Waals surface area contributed by atoms with Crippen LogP contribution in [0.25, 0.3) is 0 Å². The van der Waals surface area contributed by atoms with E-state index in [1.807, 2.05) is 6.92 Å². The number of nitrogens with one attached hydrogen (secondary N) is 1. The fourth-order valence-corrected chi connectivity index (χ4v) is 3.38. The Morgan fingerprint density at radius 2 is 2.32 bits per heavy atom. The number of hydrogen-bond donors (Lipinski definition) is 1. The van der Waals surface area contributed by atoms with Crippen molar-refractivity contribution in [1.82, 2.24) is 4.98 Å². The summed E-state index contributed by atoms with van der Waals surface area (Å²) in [6, 6.07) is 0.428. The SMILES string of the molecule is CCOC(=O)c1ncsc1NC1CCCC(C)C1C. The van der Waals surface area contributed by atoms with Crippen LogP contribution in [-0.2, 0) is 4.74 Å². The molecular formula is C14H22N2O2S. The predicted octanol–water partition coefficient (Wildman–Crippen LogP) is 3.56. The summed E-state index contributed by atoms with van der Waals surface area (Å²) in [6.07, 6.45) is 3.70. The summed E-state index contributed by atoms with van der Waals surface area (Å²) in [6.45, 7) is 6.78. The van der Waals surface area contributed by atoms with Crippen LogP contribution in [0.1, 0.15) is 50.5 Å². The fraction of sp³-hybridized carbons (Fsp3) is 0.714. The zero-order valence-electron chi connectivity index (χ0n) is 11.8. The van der Waals surface area contributed by atoms with Crippen LogP contribution in [-0.4, -0.2) is 23.6 Å². The first kappa shape index (κ1) is 14.3. The van der Waals surface area contributed by atoms with Gasteiger partial charge in [0.1, 0.15) is 5.00 Å². The van der Waals surface area contributed by atoms with Gasteiger partial charge in [0.2, 0.25) is 0 Å². The van der Waals surface area contributed by atoms with E-state index in [-0.39, 0.29) is 5.97 Å². The largest absolute Gasteiger partial charge is 0.461 e. The van der Waals surface area contributed by atoms with E-state index in [1.165, 1.54) is 24.2 Å². The van der Waals surface area contributed by atoms with Gasteiger partial charge in [-0.1, -0.05) is 26.7 Å². The molecule has 0 bridgehead atoms. The maximum atomic E-state index is 11.8. The van der Waals surface area contributed by atoms with Crippen LogP contribution in [0.5, 0.6) is 0 Å². The molecule has 0 saturated heterocycles. The van der Waals surface area contributed by atoms with Crippen LogP contribution in [0.3, 0.4) is 0 Å². The van der Waals surface area contributed by atoms with E-state index in [4.69, 9.17) is 4.74 Å². The van der Waals surface area contributed by atoms with Crippen molar-refractivity contribution >= 4 is 22.3 Å². The predicted molar refractivity (Wildman–Crippen MR) is 77.7 cm³/mol. The van der Waals surface area contributed by atoms with Gasteiger partial charge in [0.15, 0.2) is 5.69 Å². The molecule has 3 unspecified atom stereocenters. The van der Waals surface area contributed by atoms with E-state index < -0.39 is 0 Å². The third-order valence-electron chi connectivity index (χ3n) is 4.06. The normalized spacial score (nSPS) is 27.0. The molecule has 4 nitrogen and oxygen atoms in total. The Morgan fingerprint density at radius 1 is 1.53 bits per heavy atom. The number of aromatic nitrogens is 1. The summed E-state index contributed by atoms with van der Waals surface area (Å²) >= 11 is 1.48. The average Bonchev–Trinajstić information content (AvgIpc) is 2.83. The van der Waals surface area contributed by atoms with Gasteiger partial charge >= 0.3 is 5.97 Å². The minimum absolute atomic E-state index is 0.331. The van der Waals surface area contributed by atoms with Crippen molar-refractivity contribution in [2.45, 2.75) is 46.1 Å². The molecule has 3 atom stereocenters. The van der Waals surface area contributed by atoms with Crippen LogP contribution in [0.2, 0.25) is 0 Å². The lowest BCUT2D eigenvalue weighted by molar-refractivity contribution is 0.0521. The van der Waals surface area contributed by atoms with Crippen molar-refractivity contribution < 1.29 is 9.53 Å². The highest BCUT2D eigenvalue weighted by Gasteiger charge is 2.28. The Balaban J connectivity index is 2.07. The lowest BCUT2D eigenvalue weighted by Crippen LogP contribution is -2.35. The number of rotatable bonds is 4. The standard InChI is InChI=1S/C14H22N2O2S/c1-4-18-14(17)12-13(19-8-15-12)16-11-7-5-6-9(2)10(11)3/h8-11,16H,4-7H2,1-3H3. The molecule has 2 rings (SSSR count). The second kappa shape index (κ2) is 6.37. The summed E-state index contributed by atoms with van der Waals surface area (Å²) in [5.74, 6) is 1.01. The van der Waals surface area contributed by atoms with Crippen LogP contribution >= 0.6 is 11.3 Å². The molecular weight excluding hydrogens is 260 g/mol. The first-order valence-electron chi connectivity index (χ1n) is 7.00. The van der Waals surface area contributed by atoms with Gasteiger partial charge in [0.25, 0.3) is 0 Å². The van der Waals surface area contributed by atoms with Gasteiger partial charge in [-0.25, -0.2) is 9.78 Å². The minimum Gasteiger partial charge on any atom is -0.461 e. The average molecular weight is 282 g/mol. The molecule has 106 valence electrons. The van der Waals surface area contributed by atoms with Crippen LogP contribution < -0.4 is 5.32 Å². The molecule has 1 fully saturated rings. The van der Waals surface area contributed by atoms with Crippen LogP contribution in [0.4, 0.5) is 5.00 Å². The monoisotopic (exact) mass is 282 g/mol. The smallest absolute Gasteiger partial charge is 0.360 e. The van der Waals surface area contributed by atoms with Gasteiger partial charge in [0, 0.05) is 6.04 Å². The molecule has 0 amide bonds. The van der Waals surface area contributed by atoms with Gasteiger partial charge in [-0.3, -0.25) is 0 Å². The number of carbonyl (C=O) groups excluding carboxylic acids is 1. The Morgan fingerprint density at radius 3 is 3.05 bits per heavy atom. The molecule has 1 saturated carbocycles. The van der Waals surface area contributed by atoms with Gasteiger partial charge in [-0.2, -0.15) is 0 Å². The lowest BCUT2D eigenvalue weighted by atomic mass is 9.78. The lowest BCUT2D eigenvalue weighted by Gasteiger charge is -2.34. The van der Waals surface area contributed by atoms with E-state index in [0.717, 1.165) is 17.3 Å². The molecule has 1 aromatic heterocycles. The molecule has 1 aliphatic rings. The quantitative estimate of drug-likeness (QED) is 0.858. The molecule has 0 spiro atoms. The minimum atomic E-state index is -0.331. The zero-order chi connectivity index (χ0) is 13.8. The number of nitrogens with zero attached hydrogens (tertiary/aromatic N) is 1. The van der Waals surface area contributed by atoms with Gasteiger partial charge in [-0.05, 0) is 25.2 Å². The third-order valence-corrected chi connectivity index (χ3v) is 4.82. The number of ether oxygens (including phenoxy) is 1. The van der Waals surface area contributed by atoms with E-state index in [0.29, 0.717) is 24.3 Å². The summed E-state index contributed by atoms with van der Waals surface area (Å²) < 4.78 is 5.03. The maximum absolute atomic E-state index is 11.8. The Kier molecular flexibility index (Phi) is 4.80. The number of esters is 1. The Bertz CT molecular complexity index is 433. The molecule has 1 aromatic rings. The van der Waals surface area contributed by atoms with Gasteiger partial charge in [-0.15, -0.1) is 11.3 Å². The number of carbonyl (C=O) groups is 1. The van der Waals surface area contributed by atoms with Gasteiger partial charge in [0.05, 0.1) is 12.1 Å². The van der Waals surface area contributed by atoms with Crippen LogP contribution in [0.15, 0.2) is 5.51 Å². The maximum Gasteiger partial charge on any atom is 0.360 e. The number of hydrogen-bond acceptors (Lipinski definition) is 5. The second-order valence-corrected chi connectivity index (χ2v) is 6.12. The highest BCUT2D eigenvalue weighted by atomic mass is 32.1. The number of anilines is 1. The highest BCUT2D eigenvalue weighted by Crippen LogP contribution is 2.33. The van der Waals surface area contributed by atoms with Crippen molar-refractivity contribution in [3.8, 4) is 0 Å². The molecule has 5 heteroatoms. The first-order valence-corrected chi connectivity index (χ1v) is 7.88. The molecule has 1 aliphatic carbocycles. The summed E-state index contributed by atoms with van der Waals surface area (Å²) in [5, 5.41) is 4.36. The van der Waals surface area contributed by atoms with Crippen LogP contribution in [0, 0.1) is 11.8 Å². The van der Waals surface area contributed by atoms with Crippen molar-refractivity contribution in [1.29, 1.82) is 0 Å². The molecule has 1 N–H and O–H groups in total. The number of thiazole rings is 1. The van der Waals surface area contributed by atoms with E-state index in [2.05, 4.69) is 24.1 Å². The van der Waals surface area contributed by atoms with Crippen molar-refractivity contribution in [2.75, 3.05) is 11.9 Å². The van der Waals surface area contributed by atoms with E-state index in [9.17, 15) is 4.79 Å². The topological polar surface area (TPSA) is 51.2 Å². The summed E-state index contributed by atoms with van der Waals surface area (Å²) in [7, 11) is 0. The fourth-order valence-electron chi connectivity index (χ4n) is 2.65. The summed E-state index contributed by atoms with van der Waals surface area (Å²) in [4.78, 5) is 15.9. The van der Waals surface area contributed by atoms with E-state index >= 15 is 0 Å². The van der Waals surface area contributed by atoms with Crippen molar-refractivity contribution in [2.24, 2.45) is 11.8 Å². The first-order chi connectivity index (χ1) is 9.13. The molecule has 0 aliphatic heterocycles. The van der Waals surface area contributed by atoms with Gasteiger partial charge < -0.3 is 10.1 Å². The Labute approximate surface area is 118 Å².